The van der Waals surface area contributed by atoms with Gasteiger partial charge in [-0.05, 0) is 51.1 Å². The van der Waals surface area contributed by atoms with Gasteiger partial charge in [0.05, 0.1) is 17.4 Å². The minimum absolute atomic E-state index is 0. The standard InChI is InChI=1S/C23H28N2O7.ClH/c1-12(30-17(27)6-9-24)21(28)31-15-5-7-23(29)16-11-13-3-4-14(26)19-18(13)22(23,20(15)32-19)8-10-25(16)2;/h3-5,12,16,20,26,29H,6-11,24H2,1-2H3;1H/t12-,16-,20-,22-,23+;/m0./s1. The molecule has 1 fully saturated rings. The van der Waals surface area contributed by atoms with Gasteiger partial charge in [-0.15, -0.1) is 12.4 Å². The molecule has 2 aliphatic carbocycles. The number of phenolic OH excluding ortho intramolecular Hbond substituents is 1. The molecule has 10 heteroatoms. The fourth-order valence-corrected chi connectivity index (χ4v) is 6.06. The first kappa shape index (κ1) is 23.8. The monoisotopic (exact) mass is 480 g/mol. The summed E-state index contributed by atoms with van der Waals surface area (Å²) < 4.78 is 17.0. The van der Waals surface area contributed by atoms with Crippen LogP contribution in [0.25, 0.3) is 0 Å². The Bertz CT molecular complexity index is 1030. The summed E-state index contributed by atoms with van der Waals surface area (Å²) in [6, 6.07) is 3.36. The van der Waals surface area contributed by atoms with Crippen LogP contribution in [0.2, 0.25) is 0 Å². The van der Waals surface area contributed by atoms with Crippen molar-refractivity contribution in [2.24, 2.45) is 5.73 Å². The van der Waals surface area contributed by atoms with Crippen LogP contribution < -0.4 is 10.5 Å². The van der Waals surface area contributed by atoms with Crippen molar-refractivity contribution in [2.75, 3.05) is 20.1 Å². The first-order valence-corrected chi connectivity index (χ1v) is 11.0. The van der Waals surface area contributed by atoms with Crippen LogP contribution in [0.5, 0.6) is 11.5 Å². The largest absolute Gasteiger partial charge is 0.504 e. The maximum Gasteiger partial charge on any atom is 0.352 e. The molecule has 0 saturated carbocycles. The zero-order valence-electron chi connectivity index (χ0n) is 18.6. The number of rotatable bonds is 5. The second-order valence-electron chi connectivity index (χ2n) is 9.19. The Labute approximate surface area is 197 Å². The number of likely N-dealkylation sites (N-methyl/N-ethyl adjacent to an activating group) is 1. The van der Waals surface area contributed by atoms with Crippen LogP contribution in [0.3, 0.4) is 0 Å². The fraction of sp³-hybridized carbons (Fsp3) is 0.565. The number of benzene rings is 1. The molecule has 4 N–H and O–H groups in total. The Balaban J connectivity index is 0.00000259. The molecule has 9 nitrogen and oxygen atoms in total. The highest BCUT2D eigenvalue weighted by molar-refractivity contribution is 5.85. The number of likely N-dealkylation sites (tertiary alicyclic amines) is 1. The van der Waals surface area contributed by atoms with Crippen molar-refractivity contribution in [3.05, 3.63) is 35.1 Å². The number of halogens is 1. The first-order valence-electron chi connectivity index (χ1n) is 11.0. The number of aromatic hydroxyl groups is 1. The van der Waals surface area contributed by atoms with Crippen molar-refractivity contribution in [1.82, 2.24) is 4.90 Å². The first-order chi connectivity index (χ1) is 15.2. The van der Waals surface area contributed by atoms with Gasteiger partial charge < -0.3 is 35.1 Å². The van der Waals surface area contributed by atoms with E-state index < -0.39 is 35.2 Å². The van der Waals surface area contributed by atoms with E-state index in [1.807, 2.05) is 13.1 Å². The molecule has 0 amide bonds. The lowest BCUT2D eigenvalue weighted by molar-refractivity contribution is -0.175. The lowest BCUT2D eigenvalue weighted by atomic mass is 9.50. The number of nitrogens with two attached hydrogens (primary N) is 1. The van der Waals surface area contributed by atoms with Crippen LogP contribution in [0, 0.1) is 0 Å². The minimum Gasteiger partial charge on any atom is -0.504 e. The smallest absolute Gasteiger partial charge is 0.352 e. The third-order valence-corrected chi connectivity index (χ3v) is 7.56. The minimum atomic E-state index is -1.13. The van der Waals surface area contributed by atoms with Crippen molar-refractivity contribution in [3.8, 4) is 11.5 Å². The van der Waals surface area contributed by atoms with Crippen molar-refractivity contribution in [3.63, 3.8) is 0 Å². The van der Waals surface area contributed by atoms with Crippen molar-refractivity contribution in [1.29, 1.82) is 0 Å². The normalized spacial score (nSPS) is 31.9. The molecule has 2 aliphatic heterocycles. The second-order valence-corrected chi connectivity index (χ2v) is 9.19. The Morgan fingerprint density at radius 3 is 2.88 bits per heavy atom. The van der Waals surface area contributed by atoms with E-state index in [0.717, 1.165) is 17.7 Å². The molecule has 1 spiro atoms. The molecule has 1 aromatic carbocycles. The number of ether oxygens (including phenoxy) is 3. The van der Waals surface area contributed by atoms with E-state index in [2.05, 4.69) is 4.90 Å². The number of carbonyl (C=O) groups is 2. The molecular formula is C23H29ClN2O7. The van der Waals surface area contributed by atoms with Gasteiger partial charge in [0.25, 0.3) is 0 Å². The van der Waals surface area contributed by atoms with Gasteiger partial charge in [-0.25, -0.2) is 4.79 Å². The number of hydrogen-bond donors (Lipinski definition) is 3. The summed E-state index contributed by atoms with van der Waals surface area (Å²) in [5.41, 5.74) is 5.23. The maximum absolute atomic E-state index is 12.7. The summed E-state index contributed by atoms with van der Waals surface area (Å²) in [5, 5.41) is 22.6. The lowest BCUT2D eigenvalue weighted by Gasteiger charge is -2.61. The fourth-order valence-electron chi connectivity index (χ4n) is 6.06. The van der Waals surface area contributed by atoms with Gasteiger partial charge >= 0.3 is 11.9 Å². The number of carbonyl (C=O) groups excluding carboxylic acids is 2. The van der Waals surface area contributed by atoms with Gasteiger partial charge in [-0.2, -0.15) is 0 Å². The molecule has 1 saturated heterocycles. The Morgan fingerprint density at radius 1 is 1.39 bits per heavy atom. The van der Waals surface area contributed by atoms with Crippen LogP contribution in [0.4, 0.5) is 0 Å². The Kier molecular flexibility index (Phi) is 5.89. The number of nitrogens with zero attached hydrogens (tertiary/aromatic N) is 1. The molecule has 1 aromatic rings. The van der Waals surface area contributed by atoms with Gasteiger partial charge in [0.15, 0.2) is 23.7 Å². The molecule has 0 unspecified atom stereocenters. The summed E-state index contributed by atoms with van der Waals surface area (Å²) >= 11 is 0. The van der Waals surface area contributed by atoms with Crippen LogP contribution in [-0.4, -0.2) is 71.0 Å². The highest BCUT2D eigenvalue weighted by atomic mass is 35.5. The topological polar surface area (TPSA) is 132 Å². The number of aliphatic hydroxyl groups is 1. The molecule has 5 atom stereocenters. The maximum atomic E-state index is 12.7. The molecule has 0 aromatic heterocycles. The molecule has 4 aliphatic rings. The molecule has 5 rings (SSSR count). The third-order valence-electron chi connectivity index (χ3n) is 7.56. The van der Waals surface area contributed by atoms with E-state index in [9.17, 15) is 19.8 Å². The Hall–Kier alpha value is -2.33. The predicted octanol–water partition coefficient (Wildman–Crippen LogP) is 0.915. The van der Waals surface area contributed by atoms with Crippen LogP contribution in [-0.2, 0) is 30.9 Å². The average molecular weight is 481 g/mol. The number of esters is 2. The predicted molar refractivity (Wildman–Crippen MR) is 119 cm³/mol. The number of piperidine rings is 1. The zero-order valence-corrected chi connectivity index (χ0v) is 19.4. The quantitative estimate of drug-likeness (QED) is 0.526. The number of hydrogen-bond acceptors (Lipinski definition) is 9. The SMILES string of the molecule is C[C@H](OC(=O)CCN)C(=O)OC1=CC[C@@]2(O)[C@@H]3Cc4ccc(O)c5c4[C@@]2(CCN3C)[C@H]1O5.Cl. The lowest BCUT2D eigenvalue weighted by Crippen LogP contribution is -2.74. The van der Waals surface area contributed by atoms with Gasteiger partial charge in [0.2, 0.25) is 0 Å². The summed E-state index contributed by atoms with van der Waals surface area (Å²) in [6.45, 7) is 2.30. The average Bonchev–Trinajstić information content (AvgIpc) is 3.10. The van der Waals surface area contributed by atoms with Crippen LogP contribution in [0.1, 0.15) is 37.3 Å². The molecular weight excluding hydrogens is 452 g/mol. The van der Waals surface area contributed by atoms with E-state index >= 15 is 0 Å². The van der Waals surface area contributed by atoms with Gasteiger partial charge in [0, 0.05) is 24.6 Å². The van der Waals surface area contributed by atoms with Crippen LogP contribution in [0.15, 0.2) is 24.0 Å². The van der Waals surface area contributed by atoms with Gasteiger partial charge in [-0.3, -0.25) is 4.79 Å². The van der Waals surface area contributed by atoms with E-state index in [4.69, 9.17) is 19.9 Å². The van der Waals surface area contributed by atoms with Crippen molar-refractivity contribution >= 4 is 24.3 Å². The summed E-state index contributed by atoms with van der Waals surface area (Å²) in [5.74, 6) is -0.685. The zero-order chi connectivity index (χ0) is 22.8. The van der Waals surface area contributed by atoms with E-state index in [1.165, 1.54) is 6.92 Å². The van der Waals surface area contributed by atoms with E-state index in [0.29, 0.717) is 18.6 Å². The molecule has 180 valence electrons. The third kappa shape index (κ3) is 3.17. The van der Waals surface area contributed by atoms with Gasteiger partial charge in [-0.1, -0.05) is 6.07 Å². The Morgan fingerprint density at radius 2 is 2.15 bits per heavy atom. The second kappa shape index (κ2) is 8.16. The molecule has 2 heterocycles. The van der Waals surface area contributed by atoms with Crippen molar-refractivity contribution < 1.29 is 34.0 Å². The summed E-state index contributed by atoms with van der Waals surface area (Å²) in [7, 11) is 2.00. The van der Waals surface area contributed by atoms with Crippen molar-refractivity contribution in [2.45, 2.75) is 61.9 Å². The summed E-state index contributed by atoms with van der Waals surface area (Å²) in [6.07, 6.45) is 1.32. The molecule has 0 radical (unpaired) electrons. The summed E-state index contributed by atoms with van der Waals surface area (Å²) in [4.78, 5) is 26.6. The number of phenols is 1. The van der Waals surface area contributed by atoms with E-state index in [-0.39, 0.29) is 49.3 Å². The highest BCUT2D eigenvalue weighted by Crippen LogP contribution is 2.65. The van der Waals surface area contributed by atoms with Gasteiger partial charge in [0.1, 0.15) is 5.76 Å². The highest BCUT2D eigenvalue weighted by Gasteiger charge is 2.72. The molecule has 33 heavy (non-hydrogen) atoms. The van der Waals surface area contributed by atoms with Crippen LogP contribution >= 0.6 is 12.4 Å². The van der Waals surface area contributed by atoms with E-state index in [1.54, 1.807) is 12.1 Å². The molecule has 2 bridgehead atoms.